The van der Waals surface area contributed by atoms with Crippen molar-refractivity contribution in [2.75, 3.05) is 12.4 Å². The van der Waals surface area contributed by atoms with E-state index in [2.05, 4.69) is 11.9 Å². The molecule has 5 nitrogen and oxygen atoms in total. The lowest BCUT2D eigenvalue weighted by molar-refractivity contribution is -0.112. The number of nitriles is 1. The number of phenols is 1. The molecule has 0 fully saturated rings. The van der Waals surface area contributed by atoms with E-state index >= 15 is 0 Å². The Morgan fingerprint density at radius 1 is 1.38 bits per heavy atom. The fourth-order valence-electron chi connectivity index (χ4n) is 2.46. The van der Waals surface area contributed by atoms with E-state index in [4.69, 9.17) is 4.74 Å². The number of carbonyl (C=O) groups is 1. The highest BCUT2D eigenvalue weighted by atomic mass is 16.5. The molecule has 0 radical (unpaired) electrons. The third kappa shape index (κ3) is 4.31. The van der Waals surface area contributed by atoms with E-state index in [9.17, 15) is 15.2 Å². The molecule has 0 bridgehead atoms. The lowest BCUT2D eigenvalue weighted by atomic mass is 10.0. The van der Waals surface area contributed by atoms with Crippen LogP contribution in [-0.2, 0) is 11.2 Å². The number of nitrogens with one attached hydrogen (secondary N) is 1. The summed E-state index contributed by atoms with van der Waals surface area (Å²) < 4.78 is 5.16. The summed E-state index contributed by atoms with van der Waals surface area (Å²) in [5.41, 5.74) is 2.67. The summed E-state index contributed by atoms with van der Waals surface area (Å²) in [4.78, 5) is 12.4. The first-order valence-electron chi connectivity index (χ1n) is 7.99. The number of ether oxygens (including phenoxy) is 1. The predicted molar refractivity (Wildman–Crippen MR) is 102 cm³/mol. The SMILES string of the molecule is C=CCc1cc(/C=C(\C#N)C(=O)Nc2ccccc2C)cc(OC)c1O. The van der Waals surface area contributed by atoms with Crippen LogP contribution in [0, 0.1) is 18.3 Å². The van der Waals surface area contributed by atoms with Crippen molar-refractivity contribution in [3.05, 3.63) is 71.3 Å². The van der Waals surface area contributed by atoms with Crippen molar-refractivity contribution in [3.63, 3.8) is 0 Å². The number of carbonyl (C=O) groups excluding carboxylic acids is 1. The Balaban J connectivity index is 2.37. The Morgan fingerprint density at radius 3 is 2.73 bits per heavy atom. The summed E-state index contributed by atoms with van der Waals surface area (Å²) >= 11 is 0. The molecule has 0 saturated carbocycles. The highest BCUT2D eigenvalue weighted by Gasteiger charge is 2.13. The fourth-order valence-corrected chi connectivity index (χ4v) is 2.46. The maximum absolute atomic E-state index is 12.4. The van der Waals surface area contributed by atoms with Crippen LogP contribution in [-0.4, -0.2) is 18.1 Å². The highest BCUT2D eigenvalue weighted by molar-refractivity contribution is 6.10. The maximum atomic E-state index is 12.4. The third-order valence-electron chi connectivity index (χ3n) is 3.83. The fraction of sp³-hybridized carbons (Fsp3) is 0.143. The van der Waals surface area contributed by atoms with Gasteiger partial charge in [0.05, 0.1) is 7.11 Å². The zero-order chi connectivity index (χ0) is 19.1. The maximum Gasteiger partial charge on any atom is 0.266 e. The van der Waals surface area contributed by atoms with Crippen LogP contribution in [0.3, 0.4) is 0 Å². The number of phenolic OH excluding ortho intramolecular Hbond substituents is 1. The molecule has 0 aliphatic heterocycles. The molecule has 26 heavy (non-hydrogen) atoms. The molecule has 0 aliphatic carbocycles. The number of anilines is 1. The average Bonchev–Trinajstić information content (AvgIpc) is 2.64. The van der Waals surface area contributed by atoms with Crippen LogP contribution in [0.25, 0.3) is 6.08 Å². The van der Waals surface area contributed by atoms with Crippen LogP contribution in [0.5, 0.6) is 11.5 Å². The minimum Gasteiger partial charge on any atom is -0.504 e. The van der Waals surface area contributed by atoms with Gasteiger partial charge < -0.3 is 15.2 Å². The Bertz CT molecular complexity index is 908. The van der Waals surface area contributed by atoms with Gasteiger partial charge in [-0.25, -0.2) is 0 Å². The Labute approximate surface area is 152 Å². The molecule has 0 aromatic heterocycles. The van der Waals surface area contributed by atoms with Gasteiger partial charge in [-0.1, -0.05) is 24.3 Å². The Hall–Kier alpha value is -3.52. The van der Waals surface area contributed by atoms with Gasteiger partial charge in [-0.3, -0.25) is 4.79 Å². The summed E-state index contributed by atoms with van der Waals surface area (Å²) in [6.45, 7) is 5.53. The molecule has 0 heterocycles. The second kappa shape index (κ2) is 8.54. The monoisotopic (exact) mass is 348 g/mol. The van der Waals surface area contributed by atoms with Crippen molar-refractivity contribution in [1.29, 1.82) is 5.26 Å². The first-order chi connectivity index (χ1) is 12.5. The van der Waals surface area contributed by atoms with Gasteiger partial charge in [0.25, 0.3) is 5.91 Å². The molecule has 0 unspecified atom stereocenters. The predicted octanol–water partition coefficient (Wildman–Crippen LogP) is 3.98. The van der Waals surface area contributed by atoms with Gasteiger partial charge in [0.2, 0.25) is 0 Å². The van der Waals surface area contributed by atoms with Gasteiger partial charge in [0, 0.05) is 11.3 Å². The molecule has 2 N–H and O–H groups in total. The number of hydrogen-bond acceptors (Lipinski definition) is 4. The molecule has 0 spiro atoms. The van der Waals surface area contributed by atoms with E-state index < -0.39 is 5.91 Å². The third-order valence-corrected chi connectivity index (χ3v) is 3.83. The van der Waals surface area contributed by atoms with Crippen molar-refractivity contribution in [2.45, 2.75) is 13.3 Å². The number of allylic oxidation sites excluding steroid dienone is 1. The van der Waals surface area contributed by atoms with Crippen molar-refractivity contribution < 1.29 is 14.6 Å². The average molecular weight is 348 g/mol. The van der Waals surface area contributed by atoms with Gasteiger partial charge in [-0.05, 0) is 48.7 Å². The number of amides is 1. The summed E-state index contributed by atoms with van der Waals surface area (Å²) in [5.74, 6) is -0.210. The van der Waals surface area contributed by atoms with Crippen LogP contribution >= 0.6 is 0 Å². The Kier molecular flexibility index (Phi) is 6.18. The zero-order valence-electron chi connectivity index (χ0n) is 14.7. The second-order valence-electron chi connectivity index (χ2n) is 5.66. The van der Waals surface area contributed by atoms with E-state index in [1.54, 1.807) is 24.3 Å². The summed E-state index contributed by atoms with van der Waals surface area (Å²) in [6.07, 6.45) is 3.54. The van der Waals surface area contributed by atoms with E-state index in [0.29, 0.717) is 23.2 Å². The minimum atomic E-state index is -0.501. The summed E-state index contributed by atoms with van der Waals surface area (Å²) in [6, 6.07) is 12.5. The first kappa shape index (κ1) is 18.8. The number of methoxy groups -OCH3 is 1. The number of para-hydroxylation sites is 1. The van der Waals surface area contributed by atoms with Crippen LogP contribution in [0.2, 0.25) is 0 Å². The second-order valence-corrected chi connectivity index (χ2v) is 5.66. The molecule has 2 aromatic carbocycles. The van der Waals surface area contributed by atoms with Gasteiger partial charge in [-0.15, -0.1) is 6.58 Å². The van der Waals surface area contributed by atoms with Crippen LogP contribution < -0.4 is 10.1 Å². The number of nitrogens with zero attached hydrogens (tertiary/aromatic N) is 1. The molecular formula is C21H20N2O3. The first-order valence-corrected chi connectivity index (χ1v) is 7.99. The number of rotatable bonds is 6. The molecule has 2 rings (SSSR count). The number of benzene rings is 2. The molecule has 1 amide bonds. The van der Waals surface area contributed by atoms with Crippen molar-refractivity contribution in [1.82, 2.24) is 0 Å². The van der Waals surface area contributed by atoms with E-state index in [1.807, 2.05) is 31.2 Å². The minimum absolute atomic E-state index is 0.0208. The van der Waals surface area contributed by atoms with Crippen LogP contribution in [0.1, 0.15) is 16.7 Å². The summed E-state index contributed by atoms with van der Waals surface area (Å²) in [7, 11) is 1.44. The smallest absolute Gasteiger partial charge is 0.266 e. The Morgan fingerprint density at radius 2 is 2.12 bits per heavy atom. The quantitative estimate of drug-likeness (QED) is 0.470. The normalized spacial score (nSPS) is 10.7. The standard InChI is InChI=1S/C21H20N2O3/c1-4-7-16-10-15(12-19(26-3)20(16)24)11-17(13-22)21(25)23-18-9-6-5-8-14(18)2/h4-6,8-12,24H,1,7H2,2-3H3,(H,23,25)/b17-11+. The van der Waals surface area contributed by atoms with Crippen molar-refractivity contribution in [3.8, 4) is 17.6 Å². The molecular weight excluding hydrogens is 328 g/mol. The molecule has 5 heteroatoms. The molecule has 0 aliphatic rings. The molecule has 132 valence electrons. The van der Waals surface area contributed by atoms with Gasteiger partial charge in [0.1, 0.15) is 11.6 Å². The van der Waals surface area contributed by atoms with Crippen LogP contribution in [0.15, 0.2) is 54.6 Å². The van der Waals surface area contributed by atoms with Gasteiger partial charge in [-0.2, -0.15) is 5.26 Å². The lowest BCUT2D eigenvalue weighted by Gasteiger charge is -2.10. The number of aromatic hydroxyl groups is 1. The van der Waals surface area contributed by atoms with Crippen molar-refractivity contribution >= 4 is 17.7 Å². The zero-order valence-corrected chi connectivity index (χ0v) is 14.7. The van der Waals surface area contributed by atoms with Gasteiger partial charge >= 0.3 is 0 Å². The van der Waals surface area contributed by atoms with Crippen molar-refractivity contribution in [2.24, 2.45) is 0 Å². The lowest BCUT2D eigenvalue weighted by Crippen LogP contribution is -2.14. The molecule has 0 saturated heterocycles. The number of aryl methyl sites for hydroxylation is 1. The molecule has 2 aromatic rings. The van der Waals surface area contributed by atoms with Crippen LogP contribution in [0.4, 0.5) is 5.69 Å². The van der Waals surface area contributed by atoms with Gasteiger partial charge in [0.15, 0.2) is 11.5 Å². The van der Waals surface area contributed by atoms with E-state index in [1.165, 1.54) is 13.2 Å². The summed E-state index contributed by atoms with van der Waals surface area (Å²) in [5, 5.41) is 22.3. The highest BCUT2D eigenvalue weighted by Crippen LogP contribution is 2.32. The van der Waals surface area contributed by atoms with E-state index in [0.717, 1.165) is 5.56 Å². The largest absolute Gasteiger partial charge is 0.504 e. The van der Waals surface area contributed by atoms with E-state index in [-0.39, 0.29) is 17.1 Å². The molecule has 0 atom stereocenters. The topological polar surface area (TPSA) is 82.4 Å². The number of hydrogen-bond donors (Lipinski definition) is 2.